The molecule has 0 amide bonds. The number of halogens is 1. The molecule has 0 aromatic heterocycles. The summed E-state index contributed by atoms with van der Waals surface area (Å²) in [6, 6.07) is 0. The van der Waals surface area contributed by atoms with Crippen LogP contribution in [-0.2, 0) is 0 Å². The normalized spacial score (nSPS) is 40.5. The average molecular weight is 199 g/mol. The second-order valence-electron chi connectivity index (χ2n) is 4.76. The van der Waals surface area contributed by atoms with Crippen LogP contribution in [0.25, 0.3) is 0 Å². The zero-order chi connectivity index (χ0) is 9.26. The van der Waals surface area contributed by atoms with E-state index in [0.717, 1.165) is 11.8 Å². The van der Waals surface area contributed by atoms with Crippen molar-refractivity contribution in [2.24, 2.45) is 11.8 Å². The molecule has 0 nitrogen and oxygen atoms in total. The zero-order valence-corrected chi connectivity index (χ0v) is 9.19. The number of allylic oxidation sites excluding steroid dienone is 2. The van der Waals surface area contributed by atoms with Gasteiger partial charge in [-0.1, -0.05) is 31.4 Å². The Hall–Kier alpha value is 0.0300. The monoisotopic (exact) mass is 198 g/mol. The lowest BCUT2D eigenvalue weighted by Crippen LogP contribution is -2.14. The van der Waals surface area contributed by atoms with E-state index >= 15 is 0 Å². The molecule has 3 atom stereocenters. The van der Waals surface area contributed by atoms with E-state index in [0.29, 0.717) is 5.38 Å². The van der Waals surface area contributed by atoms with Gasteiger partial charge in [-0.15, -0.1) is 11.6 Å². The van der Waals surface area contributed by atoms with Crippen LogP contribution >= 0.6 is 11.6 Å². The van der Waals surface area contributed by atoms with Crippen LogP contribution in [-0.4, -0.2) is 5.38 Å². The Balaban J connectivity index is 1.96. The van der Waals surface area contributed by atoms with Gasteiger partial charge in [0.05, 0.1) is 5.38 Å². The Morgan fingerprint density at radius 3 is 2.77 bits per heavy atom. The lowest BCUT2D eigenvalue weighted by molar-refractivity contribution is 0.311. The lowest BCUT2D eigenvalue weighted by atomic mass is 9.78. The summed E-state index contributed by atoms with van der Waals surface area (Å²) in [5.41, 5.74) is 1.67. The Bertz CT molecular complexity index is 207. The molecule has 1 heteroatoms. The van der Waals surface area contributed by atoms with Gasteiger partial charge in [-0.3, -0.25) is 0 Å². The highest BCUT2D eigenvalue weighted by atomic mass is 35.5. The Kier molecular flexibility index (Phi) is 2.98. The summed E-state index contributed by atoms with van der Waals surface area (Å²) in [4.78, 5) is 0. The number of hydrogen-bond acceptors (Lipinski definition) is 0. The maximum Gasteiger partial charge on any atom is 0.0521 e. The third kappa shape index (κ3) is 2.28. The van der Waals surface area contributed by atoms with Gasteiger partial charge >= 0.3 is 0 Å². The van der Waals surface area contributed by atoms with Gasteiger partial charge in [-0.2, -0.15) is 0 Å². The van der Waals surface area contributed by atoms with Crippen LogP contribution in [0.5, 0.6) is 0 Å². The topological polar surface area (TPSA) is 0 Å². The van der Waals surface area contributed by atoms with Gasteiger partial charge in [0, 0.05) is 0 Å². The van der Waals surface area contributed by atoms with Crippen molar-refractivity contribution in [3.05, 3.63) is 11.6 Å². The minimum atomic E-state index is 0.340. The Labute approximate surface area is 86.4 Å². The second-order valence-corrected chi connectivity index (χ2v) is 5.33. The van der Waals surface area contributed by atoms with Crippen molar-refractivity contribution in [1.82, 2.24) is 0 Å². The van der Waals surface area contributed by atoms with E-state index in [2.05, 4.69) is 13.0 Å². The molecule has 0 aromatic rings. The van der Waals surface area contributed by atoms with Crippen LogP contribution in [0.4, 0.5) is 0 Å². The summed E-state index contributed by atoms with van der Waals surface area (Å²) < 4.78 is 0. The summed E-state index contributed by atoms with van der Waals surface area (Å²) in [6.45, 7) is 2.39. The first kappa shape index (κ1) is 9.58. The van der Waals surface area contributed by atoms with Gasteiger partial charge in [0.2, 0.25) is 0 Å². The van der Waals surface area contributed by atoms with Crippen molar-refractivity contribution in [3.8, 4) is 0 Å². The van der Waals surface area contributed by atoms with Crippen molar-refractivity contribution in [1.29, 1.82) is 0 Å². The fraction of sp³-hybridized carbons (Fsp3) is 0.833. The van der Waals surface area contributed by atoms with Gasteiger partial charge in [0.1, 0.15) is 0 Å². The molecular weight excluding hydrogens is 180 g/mol. The van der Waals surface area contributed by atoms with Crippen molar-refractivity contribution < 1.29 is 0 Å². The van der Waals surface area contributed by atoms with Crippen molar-refractivity contribution >= 4 is 11.6 Å². The van der Waals surface area contributed by atoms with Gasteiger partial charge in [-0.05, 0) is 37.5 Å². The average Bonchev–Trinajstić information content (AvgIpc) is 2.52. The van der Waals surface area contributed by atoms with E-state index in [1.54, 1.807) is 5.57 Å². The Morgan fingerprint density at radius 1 is 1.31 bits per heavy atom. The second kappa shape index (κ2) is 4.04. The molecule has 0 heterocycles. The minimum Gasteiger partial charge on any atom is -0.118 e. The molecule has 0 aliphatic heterocycles. The molecule has 0 aromatic carbocycles. The maximum atomic E-state index is 6.09. The van der Waals surface area contributed by atoms with Crippen molar-refractivity contribution in [3.63, 3.8) is 0 Å². The highest BCUT2D eigenvalue weighted by molar-refractivity contribution is 6.22. The zero-order valence-electron chi connectivity index (χ0n) is 8.43. The molecule has 3 unspecified atom stereocenters. The number of hydrogen-bond donors (Lipinski definition) is 0. The molecule has 74 valence electrons. The third-order valence-electron chi connectivity index (χ3n) is 3.56. The third-order valence-corrected chi connectivity index (χ3v) is 3.91. The van der Waals surface area contributed by atoms with E-state index < -0.39 is 0 Å². The molecule has 2 aliphatic rings. The first-order chi connectivity index (χ1) is 6.25. The van der Waals surface area contributed by atoms with Crippen LogP contribution in [0.2, 0.25) is 0 Å². The predicted octanol–water partition coefficient (Wildman–Crippen LogP) is 4.14. The molecule has 2 rings (SSSR count). The van der Waals surface area contributed by atoms with E-state index in [1.165, 1.54) is 38.5 Å². The molecule has 0 N–H and O–H groups in total. The van der Waals surface area contributed by atoms with Gasteiger partial charge < -0.3 is 0 Å². The first-order valence-corrected chi connectivity index (χ1v) is 6.04. The van der Waals surface area contributed by atoms with Crippen LogP contribution < -0.4 is 0 Å². The molecule has 2 aliphatic carbocycles. The van der Waals surface area contributed by atoms with E-state index in [-0.39, 0.29) is 0 Å². The first-order valence-electron chi connectivity index (χ1n) is 5.60. The quantitative estimate of drug-likeness (QED) is 0.439. The van der Waals surface area contributed by atoms with Gasteiger partial charge in [0.25, 0.3) is 0 Å². The van der Waals surface area contributed by atoms with Crippen molar-refractivity contribution in [2.45, 2.75) is 50.8 Å². The minimum absolute atomic E-state index is 0.340. The summed E-state index contributed by atoms with van der Waals surface area (Å²) in [5, 5.41) is 0.340. The lowest BCUT2D eigenvalue weighted by Gasteiger charge is -2.27. The highest BCUT2D eigenvalue weighted by Crippen LogP contribution is 2.38. The smallest absolute Gasteiger partial charge is 0.0521 e. The van der Waals surface area contributed by atoms with E-state index in [1.807, 2.05) is 0 Å². The maximum absolute atomic E-state index is 6.09. The molecular formula is C12H19Cl. The fourth-order valence-electron chi connectivity index (χ4n) is 2.81. The molecule has 1 saturated carbocycles. The molecule has 0 saturated heterocycles. The van der Waals surface area contributed by atoms with E-state index in [9.17, 15) is 0 Å². The van der Waals surface area contributed by atoms with Crippen LogP contribution in [0.1, 0.15) is 45.4 Å². The van der Waals surface area contributed by atoms with E-state index in [4.69, 9.17) is 11.6 Å². The number of alkyl halides is 1. The molecule has 0 spiro atoms. The fourth-order valence-corrected chi connectivity index (χ4v) is 3.09. The molecule has 13 heavy (non-hydrogen) atoms. The summed E-state index contributed by atoms with van der Waals surface area (Å²) in [7, 11) is 0. The SMILES string of the molecule is CC1CCCC(C2=CC(Cl)CC2)C1. The summed E-state index contributed by atoms with van der Waals surface area (Å²) in [5.74, 6) is 1.82. The van der Waals surface area contributed by atoms with Gasteiger partial charge in [-0.25, -0.2) is 0 Å². The summed E-state index contributed by atoms with van der Waals surface area (Å²) in [6.07, 6.45) is 10.5. The standard InChI is InChI=1S/C12H19Cl/c1-9-3-2-4-10(7-9)11-5-6-12(13)8-11/h8-10,12H,2-7H2,1H3. The van der Waals surface area contributed by atoms with Crippen LogP contribution in [0.15, 0.2) is 11.6 Å². The van der Waals surface area contributed by atoms with Crippen LogP contribution in [0, 0.1) is 11.8 Å². The predicted molar refractivity (Wildman–Crippen MR) is 58.1 cm³/mol. The highest BCUT2D eigenvalue weighted by Gasteiger charge is 2.25. The Morgan fingerprint density at radius 2 is 2.15 bits per heavy atom. The van der Waals surface area contributed by atoms with Gasteiger partial charge in [0.15, 0.2) is 0 Å². The molecule has 0 bridgehead atoms. The number of rotatable bonds is 1. The molecule has 1 fully saturated rings. The van der Waals surface area contributed by atoms with Crippen molar-refractivity contribution in [2.75, 3.05) is 0 Å². The molecule has 0 radical (unpaired) electrons. The van der Waals surface area contributed by atoms with Crippen LogP contribution in [0.3, 0.4) is 0 Å². The summed E-state index contributed by atoms with van der Waals surface area (Å²) >= 11 is 6.09. The largest absolute Gasteiger partial charge is 0.118 e.